The first-order valence-corrected chi connectivity index (χ1v) is 11.4. The maximum absolute atomic E-state index is 13.1. The van der Waals surface area contributed by atoms with E-state index in [9.17, 15) is 19.2 Å². The van der Waals surface area contributed by atoms with E-state index in [1.54, 1.807) is 41.2 Å². The zero-order valence-electron chi connectivity index (χ0n) is 18.9. The van der Waals surface area contributed by atoms with Crippen molar-refractivity contribution in [3.8, 4) is 5.75 Å². The largest absolute Gasteiger partial charge is 0.497 e. The lowest BCUT2D eigenvalue weighted by Gasteiger charge is -2.42. The number of hydrogen-bond donors (Lipinski definition) is 2. The van der Waals surface area contributed by atoms with Gasteiger partial charge >= 0.3 is 6.03 Å². The predicted octanol–water partition coefficient (Wildman–Crippen LogP) is 1.78. The molecule has 0 radical (unpaired) electrons. The van der Waals surface area contributed by atoms with Gasteiger partial charge in [0.2, 0.25) is 0 Å². The molecule has 0 aromatic heterocycles. The highest BCUT2D eigenvalue weighted by Gasteiger charge is 2.54. The number of carbonyl (C=O) groups excluding carboxylic acids is 4. The van der Waals surface area contributed by atoms with E-state index in [2.05, 4.69) is 10.6 Å². The number of urea groups is 1. The Balaban J connectivity index is 1.34. The van der Waals surface area contributed by atoms with Crippen molar-refractivity contribution in [2.45, 2.75) is 24.9 Å². The van der Waals surface area contributed by atoms with Gasteiger partial charge in [0.15, 0.2) is 0 Å². The summed E-state index contributed by atoms with van der Waals surface area (Å²) in [6.45, 7) is 1.34. The van der Waals surface area contributed by atoms with Crippen molar-refractivity contribution in [1.82, 2.24) is 20.4 Å². The minimum absolute atomic E-state index is 0.0490. The fraction of sp³-hybridized carbons (Fsp3) is 0.360. The first-order chi connectivity index (χ1) is 16.4. The summed E-state index contributed by atoms with van der Waals surface area (Å²) in [6.07, 6.45) is 1.07. The van der Waals surface area contributed by atoms with E-state index in [0.717, 1.165) is 5.56 Å². The molecular formula is C25H26N4O5. The average molecular weight is 463 g/mol. The monoisotopic (exact) mass is 462 g/mol. The second-order valence-corrected chi connectivity index (χ2v) is 9.00. The first-order valence-electron chi connectivity index (χ1n) is 11.4. The number of piperidine rings is 1. The van der Waals surface area contributed by atoms with E-state index in [4.69, 9.17) is 4.74 Å². The summed E-state index contributed by atoms with van der Waals surface area (Å²) >= 11 is 0. The number of amides is 5. The Morgan fingerprint density at radius 1 is 1.09 bits per heavy atom. The summed E-state index contributed by atoms with van der Waals surface area (Å²) in [5.74, 6) is -0.211. The van der Waals surface area contributed by atoms with Gasteiger partial charge in [-0.3, -0.25) is 19.7 Å². The van der Waals surface area contributed by atoms with E-state index in [-0.39, 0.29) is 24.3 Å². The number of likely N-dealkylation sites (tertiary alicyclic amines) is 1. The third-order valence-electron chi connectivity index (χ3n) is 7.10. The molecule has 5 amide bonds. The standard InChI is InChI=1S/C25H26N4O5/c1-34-19-7-8-20-17(13-19)14-29(22(20)31)15-25(23(32)26-24(33)27-25)18-9-11-28(12-10-18)21(30)16-5-3-2-4-6-16/h2-8,13,18H,9-12,14-15H2,1H3,(H2,26,27,32,33). The molecule has 2 aromatic rings. The van der Waals surface area contributed by atoms with Crippen LogP contribution < -0.4 is 15.4 Å². The van der Waals surface area contributed by atoms with E-state index in [0.29, 0.717) is 49.4 Å². The molecule has 0 saturated carbocycles. The van der Waals surface area contributed by atoms with Crippen molar-refractivity contribution < 1.29 is 23.9 Å². The van der Waals surface area contributed by atoms with Gasteiger partial charge in [0.05, 0.1) is 13.7 Å². The van der Waals surface area contributed by atoms with Gasteiger partial charge in [-0.05, 0) is 54.7 Å². The molecule has 0 bridgehead atoms. The van der Waals surface area contributed by atoms with Crippen LogP contribution in [0.25, 0.3) is 0 Å². The molecule has 9 heteroatoms. The molecule has 9 nitrogen and oxygen atoms in total. The number of rotatable bonds is 5. The fourth-order valence-electron chi connectivity index (χ4n) is 5.28. The van der Waals surface area contributed by atoms with Crippen molar-refractivity contribution in [2.75, 3.05) is 26.7 Å². The summed E-state index contributed by atoms with van der Waals surface area (Å²) in [5, 5.41) is 5.20. The van der Waals surface area contributed by atoms with Crippen LogP contribution in [0.3, 0.4) is 0 Å². The molecule has 2 N–H and O–H groups in total. The molecule has 0 aliphatic carbocycles. The second kappa shape index (κ2) is 8.48. The van der Waals surface area contributed by atoms with Gasteiger partial charge < -0.3 is 19.9 Å². The smallest absolute Gasteiger partial charge is 0.322 e. The van der Waals surface area contributed by atoms with Gasteiger partial charge in [-0.1, -0.05) is 18.2 Å². The minimum atomic E-state index is -1.24. The maximum atomic E-state index is 13.1. The third kappa shape index (κ3) is 3.67. The Kier molecular flexibility index (Phi) is 5.47. The van der Waals surface area contributed by atoms with Crippen molar-refractivity contribution in [2.24, 2.45) is 5.92 Å². The molecule has 0 spiro atoms. The van der Waals surface area contributed by atoms with E-state index in [1.165, 1.54) is 0 Å². The van der Waals surface area contributed by atoms with Crippen LogP contribution in [0, 0.1) is 5.92 Å². The zero-order valence-corrected chi connectivity index (χ0v) is 18.9. The molecule has 1 atom stereocenters. The number of methoxy groups -OCH3 is 1. The number of ether oxygens (including phenoxy) is 1. The molecule has 2 fully saturated rings. The van der Waals surface area contributed by atoms with Gasteiger partial charge in [-0.25, -0.2) is 4.79 Å². The van der Waals surface area contributed by atoms with Gasteiger partial charge in [0, 0.05) is 30.8 Å². The third-order valence-corrected chi connectivity index (χ3v) is 7.10. The van der Waals surface area contributed by atoms with E-state index in [1.807, 2.05) is 24.3 Å². The highest BCUT2D eigenvalue weighted by molar-refractivity contribution is 6.08. The van der Waals surface area contributed by atoms with Crippen LogP contribution in [-0.4, -0.2) is 65.8 Å². The lowest BCUT2D eigenvalue weighted by molar-refractivity contribution is -0.127. The summed E-state index contributed by atoms with van der Waals surface area (Å²) in [6, 6.07) is 13.8. The van der Waals surface area contributed by atoms with Gasteiger partial charge in [0.1, 0.15) is 11.3 Å². The number of fused-ring (bicyclic) bond motifs is 1. The van der Waals surface area contributed by atoms with Crippen LogP contribution in [0.1, 0.15) is 39.1 Å². The second-order valence-electron chi connectivity index (χ2n) is 9.00. The SMILES string of the molecule is COc1ccc2c(c1)CN(CC1(C3CCN(C(=O)c4ccccc4)CC3)NC(=O)NC1=O)C2=O. The Morgan fingerprint density at radius 3 is 2.47 bits per heavy atom. The molecule has 3 heterocycles. The normalized spacial score (nSPS) is 22.4. The van der Waals surface area contributed by atoms with Crippen molar-refractivity contribution in [3.05, 3.63) is 65.2 Å². The van der Waals surface area contributed by atoms with Crippen LogP contribution in [0.5, 0.6) is 5.75 Å². The molecule has 2 saturated heterocycles. The van der Waals surface area contributed by atoms with Crippen LogP contribution in [-0.2, 0) is 11.3 Å². The summed E-state index contributed by atoms with van der Waals surface area (Å²) in [4.78, 5) is 54.6. The molecule has 3 aliphatic heterocycles. The van der Waals surface area contributed by atoms with Gasteiger partial charge in [0.25, 0.3) is 17.7 Å². The highest BCUT2D eigenvalue weighted by atomic mass is 16.5. The predicted molar refractivity (Wildman–Crippen MR) is 122 cm³/mol. The number of imide groups is 1. The number of hydrogen-bond acceptors (Lipinski definition) is 5. The summed E-state index contributed by atoms with van der Waals surface area (Å²) in [5.41, 5.74) is 0.788. The van der Waals surface area contributed by atoms with Gasteiger partial charge in [-0.15, -0.1) is 0 Å². The number of nitrogens with zero attached hydrogens (tertiary/aromatic N) is 2. The molecule has 5 rings (SSSR count). The molecular weight excluding hydrogens is 436 g/mol. The topological polar surface area (TPSA) is 108 Å². The lowest BCUT2D eigenvalue weighted by Crippen LogP contribution is -2.62. The summed E-state index contributed by atoms with van der Waals surface area (Å²) in [7, 11) is 1.57. The number of nitrogens with one attached hydrogen (secondary N) is 2. The van der Waals surface area contributed by atoms with Crippen LogP contribution in [0.4, 0.5) is 4.79 Å². The maximum Gasteiger partial charge on any atom is 0.322 e. The van der Waals surface area contributed by atoms with E-state index >= 15 is 0 Å². The van der Waals surface area contributed by atoms with Crippen molar-refractivity contribution >= 4 is 23.8 Å². The van der Waals surface area contributed by atoms with Crippen LogP contribution in [0.2, 0.25) is 0 Å². The molecule has 34 heavy (non-hydrogen) atoms. The molecule has 1 unspecified atom stereocenters. The van der Waals surface area contributed by atoms with Crippen LogP contribution in [0.15, 0.2) is 48.5 Å². The van der Waals surface area contributed by atoms with Crippen molar-refractivity contribution in [3.63, 3.8) is 0 Å². The fourth-order valence-corrected chi connectivity index (χ4v) is 5.28. The molecule has 3 aliphatic rings. The highest BCUT2D eigenvalue weighted by Crippen LogP contribution is 2.35. The lowest BCUT2D eigenvalue weighted by atomic mass is 9.77. The Morgan fingerprint density at radius 2 is 1.82 bits per heavy atom. The Bertz CT molecular complexity index is 1160. The first kappa shape index (κ1) is 21.9. The molecule has 176 valence electrons. The quantitative estimate of drug-likeness (QED) is 0.659. The van der Waals surface area contributed by atoms with Crippen LogP contribution >= 0.6 is 0 Å². The summed E-state index contributed by atoms with van der Waals surface area (Å²) < 4.78 is 5.27. The number of benzene rings is 2. The minimum Gasteiger partial charge on any atom is -0.497 e. The van der Waals surface area contributed by atoms with Crippen molar-refractivity contribution in [1.29, 1.82) is 0 Å². The Hall–Kier alpha value is -3.88. The average Bonchev–Trinajstić information content (AvgIpc) is 3.33. The van der Waals surface area contributed by atoms with Gasteiger partial charge in [-0.2, -0.15) is 0 Å². The zero-order chi connectivity index (χ0) is 23.9. The molecule has 2 aromatic carbocycles. The van der Waals surface area contributed by atoms with E-state index < -0.39 is 17.5 Å². The Labute approximate surface area is 197 Å². The number of carbonyl (C=O) groups is 4.